The predicted molar refractivity (Wildman–Crippen MR) is 80.0 cm³/mol. The van der Waals surface area contributed by atoms with Gasteiger partial charge in [0, 0.05) is 12.8 Å². The van der Waals surface area contributed by atoms with Gasteiger partial charge in [0.25, 0.3) is 0 Å². The van der Waals surface area contributed by atoms with Crippen LogP contribution >= 0.6 is 0 Å². The molecule has 0 aliphatic carbocycles. The molecule has 0 unspecified atom stereocenters. The molecular weight excluding hydrogens is 252 g/mol. The lowest BCUT2D eigenvalue weighted by atomic mass is 9.96. The monoisotopic (exact) mass is 278 g/mol. The molecule has 0 bridgehead atoms. The summed E-state index contributed by atoms with van der Waals surface area (Å²) in [6.07, 6.45) is 2.96. The van der Waals surface area contributed by atoms with Crippen LogP contribution in [0.2, 0.25) is 0 Å². The van der Waals surface area contributed by atoms with E-state index in [-0.39, 0.29) is 11.7 Å². The average Bonchev–Trinajstić information content (AvgIpc) is 2.34. The van der Waals surface area contributed by atoms with Crippen LogP contribution in [-0.2, 0) is 15.9 Å². The summed E-state index contributed by atoms with van der Waals surface area (Å²) in [6, 6.07) is 8.18. The Hall–Kier alpha value is -1.06. The Morgan fingerprint density at radius 1 is 1.20 bits per heavy atom. The number of ether oxygens (including phenoxy) is 3. The minimum atomic E-state index is -0.499. The Morgan fingerprint density at radius 3 is 2.40 bits per heavy atom. The van der Waals surface area contributed by atoms with Gasteiger partial charge < -0.3 is 14.2 Å². The van der Waals surface area contributed by atoms with Crippen LogP contribution in [0.4, 0.5) is 0 Å². The average molecular weight is 278 g/mol. The largest absolute Gasteiger partial charge is 0.497 e. The number of methoxy groups -OCH3 is 1. The normalized spacial score (nSPS) is 29.1. The molecule has 2 atom stereocenters. The van der Waals surface area contributed by atoms with E-state index in [1.165, 1.54) is 5.56 Å². The van der Waals surface area contributed by atoms with Crippen molar-refractivity contribution in [1.29, 1.82) is 0 Å². The van der Waals surface area contributed by atoms with Crippen LogP contribution in [0.25, 0.3) is 0 Å². The van der Waals surface area contributed by atoms with Crippen molar-refractivity contribution < 1.29 is 14.2 Å². The topological polar surface area (TPSA) is 27.7 Å². The molecule has 0 N–H and O–H groups in total. The highest BCUT2D eigenvalue weighted by atomic mass is 16.7. The first-order chi connectivity index (χ1) is 9.32. The minimum Gasteiger partial charge on any atom is -0.497 e. The molecule has 0 amide bonds. The number of aryl methyl sites for hydroxylation is 1. The van der Waals surface area contributed by atoms with Gasteiger partial charge in [-0.15, -0.1) is 0 Å². The maximum Gasteiger partial charge on any atom is 0.166 e. The van der Waals surface area contributed by atoms with Crippen LogP contribution in [0.15, 0.2) is 24.3 Å². The van der Waals surface area contributed by atoms with Gasteiger partial charge in [-0.3, -0.25) is 0 Å². The lowest BCUT2D eigenvalue weighted by Crippen LogP contribution is -2.50. The Bertz CT molecular complexity index is 438. The Morgan fingerprint density at radius 2 is 1.85 bits per heavy atom. The molecule has 112 valence electrons. The number of benzene rings is 1. The van der Waals surface area contributed by atoms with Crippen molar-refractivity contribution in [2.75, 3.05) is 7.11 Å². The van der Waals surface area contributed by atoms with Crippen molar-refractivity contribution in [3.05, 3.63) is 29.8 Å². The van der Waals surface area contributed by atoms with Gasteiger partial charge in [-0.1, -0.05) is 12.1 Å². The highest BCUT2D eigenvalue weighted by Gasteiger charge is 2.41. The zero-order chi connectivity index (χ0) is 14.8. The van der Waals surface area contributed by atoms with E-state index in [1.54, 1.807) is 7.11 Å². The molecule has 2 rings (SSSR count). The van der Waals surface area contributed by atoms with Gasteiger partial charge in [0.15, 0.2) is 5.79 Å². The molecule has 1 aromatic carbocycles. The molecule has 1 aromatic rings. The van der Waals surface area contributed by atoms with Crippen LogP contribution in [-0.4, -0.2) is 24.6 Å². The van der Waals surface area contributed by atoms with E-state index in [2.05, 4.69) is 32.9 Å². The molecule has 0 spiro atoms. The maximum atomic E-state index is 6.15. The van der Waals surface area contributed by atoms with Crippen molar-refractivity contribution in [3.8, 4) is 5.75 Å². The van der Waals surface area contributed by atoms with E-state index >= 15 is 0 Å². The summed E-state index contributed by atoms with van der Waals surface area (Å²) in [6.45, 7) is 8.44. The van der Waals surface area contributed by atoms with Crippen molar-refractivity contribution in [2.24, 2.45) is 0 Å². The second-order valence-electron chi connectivity index (χ2n) is 6.48. The number of rotatable bonds is 4. The van der Waals surface area contributed by atoms with Crippen molar-refractivity contribution in [2.45, 2.75) is 64.4 Å². The Kier molecular flexibility index (Phi) is 4.40. The highest BCUT2D eigenvalue weighted by molar-refractivity contribution is 5.27. The van der Waals surface area contributed by atoms with E-state index in [0.29, 0.717) is 0 Å². The molecular formula is C17H26O3. The molecule has 0 saturated carbocycles. The van der Waals surface area contributed by atoms with Gasteiger partial charge in [-0.25, -0.2) is 0 Å². The molecule has 0 aromatic heterocycles. The van der Waals surface area contributed by atoms with E-state index in [1.807, 2.05) is 19.1 Å². The first-order valence-corrected chi connectivity index (χ1v) is 7.33. The Labute approximate surface area is 122 Å². The van der Waals surface area contributed by atoms with Crippen molar-refractivity contribution in [1.82, 2.24) is 0 Å². The smallest absolute Gasteiger partial charge is 0.166 e. The van der Waals surface area contributed by atoms with Gasteiger partial charge in [-0.05, 0) is 51.8 Å². The number of hydrogen-bond donors (Lipinski definition) is 0. The molecule has 1 aliphatic heterocycles. The van der Waals surface area contributed by atoms with E-state index in [9.17, 15) is 0 Å². The fourth-order valence-electron chi connectivity index (χ4n) is 3.08. The second-order valence-corrected chi connectivity index (χ2v) is 6.48. The molecule has 3 nitrogen and oxygen atoms in total. The summed E-state index contributed by atoms with van der Waals surface area (Å²) in [4.78, 5) is 0. The third-order valence-electron chi connectivity index (χ3n) is 3.75. The van der Waals surface area contributed by atoms with Crippen LogP contribution < -0.4 is 4.74 Å². The summed E-state index contributed by atoms with van der Waals surface area (Å²) in [7, 11) is 1.68. The zero-order valence-electron chi connectivity index (χ0n) is 13.2. The van der Waals surface area contributed by atoms with Gasteiger partial charge in [0.1, 0.15) is 5.75 Å². The molecule has 3 heteroatoms. The van der Waals surface area contributed by atoms with E-state index in [4.69, 9.17) is 14.2 Å². The van der Waals surface area contributed by atoms with Crippen LogP contribution in [0.3, 0.4) is 0 Å². The van der Waals surface area contributed by atoms with Gasteiger partial charge in [0.05, 0.1) is 18.8 Å². The fraction of sp³-hybridized carbons (Fsp3) is 0.647. The zero-order valence-corrected chi connectivity index (χ0v) is 13.2. The summed E-state index contributed by atoms with van der Waals surface area (Å²) in [5, 5.41) is 0. The second kappa shape index (κ2) is 5.74. The predicted octanol–water partition coefficient (Wildman–Crippen LogP) is 3.95. The lowest BCUT2D eigenvalue weighted by molar-refractivity contribution is -0.332. The molecule has 1 fully saturated rings. The highest BCUT2D eigenvalue weighted by Crippen LogP contribution is 2.36. The maximum absolute atomic E-state index is 6.15. The third kappa shape index (κ3) is 3.97. The summed E-state index contributed by atoms with van der Waals surface area (Å²) >= 11 is 0. The molecule has 1 heterocycles. The minimum absolute atomic E-state index is 0.119. The quantitative estimate of drug-likeness (QED) is 0.834. The standard InChI is InChI=1S/C17H26O3/c1-13-12-16(2,3)20-17(4,19-13)11-10-14-6-8-15(18-5)9-7-14/h6-9,13H,10-12H2,1-5H3/t13-,17-/m0/s1. The molecule has 1 aliphatic rings. The molecule has 20 heavy (non-hydrogen) atoms. The van der Waals surface area contributed by atoms with Crippen LogP contribution in [0.5, 0.6) is 5.75 Å². The van der Waals surface area contributed by atoms with Crippen molar-refractivity contribution in [3.63, 3.8) is 0 Å². The SMILES string of the molecule is COc1ccc(CC[C@@]2(C)O[C@@H](C)CC(C)(C)O2)cc1. The lowest BCUT2D eigenvalue weighted by Gasteiger charge is -2.46. The fourth-order valence-corrected chi connectivity index (χ4v) is 3.08. The van der Waals surface area contributed by atoms with Crippen LogP contribution in [0.1, 0.15) is 46.1 Å². The summed E-state index contributed by atoms with van der Waals surface area (Å²) < 4.78 is 17.4. The van der Waals surface area contributed by atoms with E-state index in [0.717, 1.165) is 25.0 Å². The van der Waals surface area contributed by atoms with E-state index < -0.39 is 5.79 Å². The van der Waals surface area contributed by atoms with Gasteiger partial charge >= 0.3 is 0 Å². The Balaban J connectivity index is 1.97. The number of hydrogen-bond acceptors (Lipinski definition) is 3. The molecule has 1 saturated heterocycles. The summed E-state index contributed by atoms with van der Waals surface area (Å²) in [5.74, 6) is 0.390. The molecule has 0 radical (unpaired) electrons. The third-order valence-corrected chi connectivity index (χ3v) is 3.75. The summed E-state index contributed by atoms with van der Waals surface area (Å²) in [5.41, 5.74) is 1.15. The first kappa shape index (κ1) is 15.3. The first-order valence-electron chi connectivity index (χ1n) is 7.33. The van der Waals surface area contributed by atoms with Crippen LogP contribution in [0, 0.1) is 0 Å². The van der Waals surface area contributed by atoms with Gasteiger partial charge in [-0.2, -0.15) is 0 Å². The van der Waals surface area contributed by atoms with Gasteiger partial charge in [0.2, 0.25) is 0 Å². The van der Waals surface area contributed by atoms with Crippen molar-refractivity contribution >= 4 is 0 Å².